The molecule has 1 saturated heterocycles. The second kappa shape index (κ2) is 9.74. The molecule has 2 amide bonds. The van der Waals surface area contributed by atoms with Gasteiger partial charge in [0.1, 0.15) is 11.9 Å². The molecule has 6 nitrogen and oxygen atoms in total. The highest BCUT2D eigenvalue weighted by Gasteiger charge is 2.34. The van der Waals surface area contributed by atoms with Crippen LogP contribution in [0.15, 0.2) is 66.7 Å². The maximum absolute atomic E-state index is 13.2. The van der Waals surface area contributed by atoms with Crippen LogP contribution in [-0.4, -0.2) is 39.3 Å². The zero-order chi connectivity index (χ0) is 24.4. The zero-order valence-corrected chi connectivity index (χ0v) is 20.2. The highest BCUT2D eigenvalue weighted by Crippen LogP contribution is 2.29. The molecular formula is C29H30N4O2. The van der Waals surface area contributed by atoms with Crippen LogP contribution < -0.4 is 5.32 Å². The topological polar surface area (TPSA) is 78.1 Å². The van der Waals surface area contributed by atoms with Gasteiger partial charge in [-0.15, -0.1) is 0 Å². The number of nitrogens with zero attached hydrogens (tertiary/aromatic N) is 2. The maximum atomic E-state index is 13.2. The van der Waals surface area contributed by atoms with Crippen molar-refractivity contribution in [1.29, 1.82) is 0 Å². The van der Waals surface area contributed by atoms with Gasteiger partial charge in [0.2, 0.25) is 11.8 Å². The Hall–Kier alpha value is -3.93. The summed E-state index contributed by atoms with van der Waals surface area (Å²) in [6, 6.07) is 21.5. The Kier molecular flexibility index (Phi) is 6.36. The first-order chi connectivity index (χ1) is 17.0. The number of H-pyrrole nitrogens is 1. The summed E-state index contributed by atoms with van der Waals surface area (Å²) in [6.07, 6.45) is 2.34. The van der Waals surface area contributed by atoms with Crippen LogP contribution in [0.1, 0.15) is 36.2 Å². The number of hydrogen-bond acceptors (Lipinski definition) is 3. The number of aromatic amines is 1. The van der Waals surface area contributed by atoms with E-state index >= 15 is 0 Å². The number of carbonyl (C=O) groups is 2. The first kappa shape index (κ1) is 22.8. The molecule has 0 aliphatic carbocycles. The van der Waals surface area contributed by atoms with E-state index in [-0.39, 0.29) is 11.8 Å². The molecule has 0 saturated carbocycles. The molecule has 2 heterocycles. The van der Waals surface area contributed by atoms with Crippen LogP contribution in [0.4, 0.5) is 5.69 Å². The second-order valence-corrected chi connectivity index (χ2v) is 9.28. The molecule has 1 aromatic heterocycles. The number of nitrogens with one attached hydrogen (secondary N) is 2. The van der Waals surface area contributed by atoms with E-state index in [1.165, 1.54) is 11.1 Å². The molecule has 1 atom stereocenters. The molecule has 5 rings (SSSR count). The zero-order valence-electron chi connectivity index (χ0n) is 20.2. The van der Waals surface area contributed by atoms with Crippen molar-refractivity contribution in [1.82, 2.24) is 14.9 Å². The summed E-state index contributed by atoms with van der Waals surface area (Å²) in [7, 11) is 0. The Morgan fingerprint density at radius 1 is 1.03 bits per heavy atom. The minimum Gasteiger partial charge on any atom is -0.342 e. The maximum Gasteiger partial charge on any atom is 0.247 e. The Morgan fingerprint density at radius 3 is 2.60 bits per heavy atom. The third-order valence-electron chi connectivity index (χ3n) is 6.87. The van der Waals surface area contributed by atoms with E-state index in [2.05, 4.69) is 41.3 Å². The van der Waals surface area contributed by atoms with Crippen LogP contribution in [-0.2, 0) is 16.0 Å². The van der Waals surface area contributed by atoms with E-state index < -0.39 is 6.04 Å². The molecular weight excluding hydrogens is 436 g/mol. The number of para-hydroxylation sites is 1. The Balaban J connectivity index is 1.26. The third-order valence-corrected chi connectivity index (χ3v) is 6.87. The number of hydrogen-bond donors (Lipinski definition) is 2. The number of rotatable bonds is 6. The lowest BCUT2D eigenvalue weighted by Crippen LogP contribution is -2.43. The fraction of sp³-hybridized carbons (Fsp3) is 0.276. The number of likely N-dealkylation sites (tertiary alicyclic amines) is 1. The van der Waals surface area contributed by atoms with E-state index in [4.69, 9.17) is 0 Å². The van der Waals surface area contributed by atoms with Gasteiger partial charge >= 0.3 is 0 Å². The van der Waals surface area contributed by atoms with Crippen molar-refractivity contribution in [3.8, 4) is 11.1 Å². The number of fused-ring (bicyclic) bond motifs is 1. The van der Waals surface area contributed by atoms with Crippen LogP contribution in [0.5, 0.6) is 0 Å². The fourth-order valence-electron chi connectivity index (χ4n) is 4.83. The van der Waals surface area contributed by atoms with Gasteiger partial charge < -0.3 is 15.2 Å². The molecule has 2 N–H and O–H groups in total. The quantitative estimate of drug-likeness (QED) is 0.399. The summed E-state index contributed by atoms with van der Waals surface area (Å²) in [5.74, 6) is 0.663. The van der Waals surface area contributed by atoms with Crippen LogP contribution in [0.2, 0.25) is 0 Å². The van der Waals surface area contributed by atoms with Crippen LogP contribution in [0, 0.1) is 13.8 Å². The standard InChI is InChI=1S/C29H30N4O2/c1-19-17-24-25(18-20(19)2)31-27(30-24)14-15-28(34)33-16-8-13-26(33)29(35)32-23-12-7-6-11-22(23)21-9-4-3-5-10-21/h3-7,9-12,17-18,26H,8,13-16H2,1-2H3,(H,30,31)(H,32,35)/t26-/m0/s1. The highest BCUT2D eigenvalue weighted by atomic mass is 16.2. The lowest BCUT2D eigenvalue weighted by molar-refractivity contribution is -0.136. The molecule has 0 radical (unpaired) electrons. The minimum absolute atomic E-state index is 0.00758. The smallest absolute Gasteiger partial charge is 0.247 e. The van der Waals surface area contributed by atoms with Gasteiger partial charge in [0, 0.05) is 30.6 Å². The number of aromatic nitrogens is 2. The Bertz CT molecular complexity index is 1340. The second-order valence-electron chi connectivity index (χ2n) is 9.28. The van der Waals surface area contributed by atoms with Crippen molar-refractivity contribution in [2.24, 2.45) is 0 Å². The average molecular weight is 467 g/mol. The van der Waals surface area contributed by atoms with E-state index in [0.29, 0.717) is 25.8 Å². The van der Waals surface area contributed by atoms with Gasteiger partial charge in [0.05, 0.1) is 11.0 Å². The van der Waals surface area contributed by atoms with Gasteiger partial charge in [-0.25, -0.2) is 4.98 Å². The minimum atomic E-state index is -0.452. The SMILES string of the molecule is Cc1cc2nc(CCC(=O)N3CCC[C@H]3C(=O)Nc3ccccc3-c3ccccc3)[nH]c2cc1C. The lowest BCUT2D eigenvalue weighted by atomic mass is 10.0. The largest absolute Gasteiger partial charge is 0.342 e. The number of anilines is 1. The third kappa shape index (κ3) is 4.83. The Morgan fingerprint density at radius 2 is 1.77 bits per heavy atom. The van der Waals surface area contributed by atoms with E-state index in [1.807, 2.05) is 54.6 Å². The van der Waals surface area contributed by atoms with Crippen molar-refractivity contribution in [2.45, 2.75) is 45.6 Å². The summed E-state index contributed by atoms with van der Waals surface area (Å²) < 4.78 is 0. The molecule has 3 aromatic carbocycles. The number of imidazole rings is 1. The monoisotopic (exact) mass is 466 g/mol. The predicted molar refractivity (Wildman–Crippen MR) is 139 cm³/mol. The van der Waals surface area contributed by atoms with Gasteiger partial charge in [-0.2, -0.15) is 0 Å². The fourth-order valence-corrected chi connectivity index (χ4v) is 4.83. The average Bonchev–Trinajstić information content (AvgIpc) is 3.51. The van der Waals surface area contributed by atoms with Gasteiger partial charge in [0.25, 0.3) is 0 Å². The van der Waals surface area contributed by atoms with Gasteiger partial charge in [-0.05, 0) is 61.6 Å². The van der Waals surface area contributed by atoms with Crippen molar-refractivity contribution in [2.75, 3.05) is 11.9 Å². The summed E-state index contributed by atoms with van der Waals surface area (Å²) in [4.78, 5) is 36.1. The molecule has 6 heteroatoms. The lowest BCUT2D eigenvalue weighted by Gasteiger charge is -2.24. The summed E-state index contributed by atoms with van der Waals surface area (Å²) in [5, 5.41) is 3.09. The molecule has 4 aromatic rings. The van der Waals surface area contributed by atoms with Gasteiger partial charge in [0.15, 0.2) is 0 Å². The van der Waals surface area contributed by atoms with Crippen LogP contribution >= 0.6 is 0 Å². The molecule has 1 aliphatic rings. The van der Waals surface area contributed by atoms with Gasteiger partial charge in [-0.3, -0.25) is 9.59 Å². The van der Waals surface area contributed by atoms with E-state index in [1.54, 1.807) is 4.90 Å². The molecule has 1 fully saturated rings. The van der Waals surface area contributed by atoms with Crippen LogP contribution in [0.25, 0.3) is 22.2 Å². The number of carbonyl (C=O) groups excluding carboxylic acids is 2. The number of aryl methyl sites for hydroxylation is 3. The molecule has 0 bridgehead atoms. The normalized spacial score (nSPS) is 15.5. The molecule has 0 unspecified atom stereocenters. The van der Waals surface area contributed by atoms with Crippen molar-refractivity contribution >= 4 is 28.5 Å². The van der Waals surface area contributed by atoms with E-state index in [0.717, 1.165) is 40.1 Å². The summed E-state index contributed by atoms with van der Waals surface area (Å²) in [6.45, 7) is 4.76. The predicted octanol–water partition coefficient (Wildman–Crippen LogP) is 5.41. The molecule has 178 valence electrons. The Labute approximate surface area is 205 Å². The van der Waals surface area contributed by atoms with E-state index in [9.17, 15) is 9.59 Å². The first-order valence-electron chi connectivity index (χ1n) is 12.2. The van der Waals surface area contributed by atoms with Crippen LogP contribution in [0.3, 0.4) is 0 Å². The highest BCUT2D eigenvalue weighted by molar-refractivity contribution is 6.00. The number of benzene rings is 3. The molecule has 35 heavy (non-hydrogen) atoms. The number of amides is 2. The molecule has 0 spiro atoms. The first-order valence-corrected chi connectivity index (χ1v) is 12.2. The van der Waals surface area contributed by atoms with Crippen molar-refractivity contribution in [3.63, 3.8) is 0 Å². The van der Waals surface area contributed by atoms with Crippen molar-refractivity contribution in [3.05, 3.63) is 83.7 Å². The summed E-state index contributed by atoms with van der Waals surface area (Å²) in [5.41, 5.74) is 7.09. The van der Waals surface area contributed by atoms with Gasteiger partial charge in [-0.1, -0.05) is 48.5 Å². The summed E-state index contributed by atoms with van der Waals surface area (Å²) >= 11 is 0. The van der Waals surface area contributed by atoms with Crippen molar-refractivity contribution < 1.29 is 9.59 Å². The molecule has 1 aliphatic heterocycles.